The number of nitrogens with zero attached hydrogens (tertiary/aromatic N) is 1. The predicted molar refractivity (Wildman–Crippen MR) is 40.2 cm³/mol. The van der Waals surface area contributed by atoms with Crippen LogP contribution in [0.1, 0.15) is 19.8 Å². The van der Waals surface area contributed by atoms with Crippen molar-refractivity contribution in [3.63, 3.8) is 0 Å². The van der Waals surface area contributed by atoms with E-state index in [2.05, 4.69) is 10.3 Å². The normalized spacial score (nSPS) is 16.3. The number of rotatable bonds is 3. The second kappa shape index (κ2) is 3.34. The number of hydrogen-bond donors (Lipinski definition) is 1. The van der Waals surface area contributed by atoms with Crippen LogP contribution >= 0.6 is 0 Å². The van der Waals surface area contributed by atoms with Gasteiger partial charge in [-0.1, -0.05) is 0 Å². The Morgan fingerprint density at radius 1 is 1.80 bits per heavy atom. The zero-order valence-electron chi connectivity index (χ0n) is 6.18. The molecule has 0 aromatic carbocycles. The Balaban J connectivity index is 2.19. The minimum Gasteiger partial charge on any atom is -0.372 e. The summed E-state index contributed by atoms with van der Waals surface area (Å²) in [5.41, 5.74) is 0. The highest BCUT2D eigenvalue weighted by Crippen LogP contribution is 1.95. The van der Waals surface area contributed by atoms with Crippen LogP contribution in [-0.4, -0.2) is 24.7 Å². The minimum atomic E-state index is 0.233. The van der Waals surface area contributed by atoms with Crippen LogP contribution < -0.4 is 5.32 Å². The maximum absolute atomic E-state index is 10.5. The maximum atomic E-state index is 10.5. The lowest BCUT2D eigenvalue weighted by Gasteiger charge is -1.97. The first kappa shape index (κ1) is 7.25. The lowest BCUT2D eigenvalue weighted by Crippen LogP contribution is -2.18. The summed E-state index contributed by atoms with van der Waals surface area (Å²) in [7, 11) is 0. The van der Waals surface area contributed by atoms with E-state index in [1.807, 2.05) is 0 Å². The number of amidine groups is 1. The molecule has 0 radical (unpaired) electrons. The molecule has 0 spiro atoms. The van der Waals surface area contributed by atoms with Gasteiger partial charge in [-0.2, -0.15) is 0 Å². The molecule has 0 saturated carbocycles. The molecule has 1 N–H and O–H groups in total. The molecule has 3 nitrogen and oxygen atoms in total. The molecule has 0 atom stereocenters. The highest BCUT2D eigenvalue weighted by molar-refractivity contribution is 5.87. The van der Waals surface area contributed by atoms with Crippen LogP contribution in [0.25, 0.3) is 0 Å². The Hall–Kier alpha value is -0.860. The molecule has 0 unspecified atom stereocenters. The number of ketones is 1. The van der Waals surface area contributed by atoms with Gasteiger partial charge in [0.15, 0.2) is 0 Å². The highest BCUT2D eigenvalue weighted by atomic mass is 16.1. The van der Waals surface area contributed by atoms with Crippen molar-refractivity contribution in [1.82, 2.24) is 5.32 Å². The average Bonchev–Trinajstić information content (AvgIpc) is 2.34. The number of carbonyl (C=O) groups is 1. The monoisotopic (exact) mass is 140 g/mol. The van der Waals surface area contributed by atoms with E-state index in [9.17, 15) is 4.79 Å². The van der Waals surface area contributed by atoms with Gasteiger partial charge in [0.05, 0.1) is 12.4 Å². The Morgan fingerprint density at radius 3 is 3.10 bits per heavy atom. The Labute approximate surface area is 60.5 Å². The van der Waals surface area contributed by atoms with Crippen LogP contribution in [0.5, 0.6) is 0 Å². The zero-order chi connectivity index (χ0) is 7.40. The van der Waals surface area contributed by atoms with Crippen LogP contribution in [0.3, 0.4) is 0 Å². The molecule has 0 aliphatic carbocycles. The van der Waals surface area contributed by atoms with E-state index in [1.165, 1.54) is 0 Å². The molecule has 1 aliphatic rings. The lowest BCUT2D eigenvalue weighted by atomic mass is 10.2. The summed E-state index contributed by atoms with van der Waals surface area (Å²) in [6.07, 6.45) is 1.40. The van der Waals surface area contributed by atoms with Crippen LogP contribution in [0, 0.1) is 0 Å². The van der Waals surface area contributed by atoms with Crippen molar-refractivity contribution < 1.29 is 4.79 Å². The Kier molecular flexibility index (Phi) is 2.42. The molecular weight excluding hydrogens is 128 g/mol. The van der Waals surface area contributed by atoms with Crippen molar-refractivity contribution in [1.29, 1.82) is 0 Å². The SMILES string of the molecule is CC(=O)CCC1=NCCN1. The summed E-state index contributed by atoms with van der Waals surface area (Å²) in [5.74, 6) is 1.23. The summed E-state index contributed by atoms with van der Waals surface area (Å²) in [6, 6.07) is 0. The van der Waals surface area contributed by atoms with E-state index in [0.717, 1.165) is 25.3 Å². The molecule has 0 bridgehead atoms. The fraction of sp³-hybridized carbons (Fsp3) is 0.714. The van der Waals surface area contributed by atoms with Crippen LogP contribution in [-0.2, 0) is 4.79 Å². The van der Waals surface area contributed by atoms with E-state index in [1.54, 1.807) is 6.92 Å². The zero-order valence-corrected chi connectivity index (χ0v) is 6.18. The smallest absolute Gasteiger partial charge is 0.130 e. The van der Waals surface area contributed by atoms with Crippen molar-refractivity contribution in [3.05, 3.63) is 0 Å². The molecule has 1 rings (SSSR count). The van der Waals surface area contributed by atoms with E-state index in [4.69, 9.17) is 0 Å². The third-order valence-electron chi connectivity index (χ3n) is 1.46. The van der Waals surface area contributed by atoms with E-state index in [-0.39, 0.29) is 5.78 Å². The van der Waals surface area contributed by atoms with Crippen molar-refractivity contribution in [2.75, 3.05) is 13.1 Å². The van der Waals surface area contributed by atoms with Gasteiger partial charge in [-0.3, -0.25) is 4.99 Å². The number of nitrogens with one attached hydrogen (secondary N) is 1. The Bertz CT molecular complexity index is 163. The molecule has 3 heteroatoms. The van der Waals surface area contributed by atoms with Gasteiger partial charge < -0.3 is 10.1 Å². The molecule has 1 heterocycles. The van der Waals surface area contributed by atoms with Crippen LogP contribution in [0.2, 0.25) is 0 Å². The second-order valence-electron chi connectivity index (χ2n) is 2.46. The molecule has 10 heavy (non-hydrogen) atoms. The summed E-state index contributed by atoms with van der Waals surface area (Å²) in [4.78, 5) is 14.7. The topological polar surface area (TPSA) is 41.5 Å². The number of carbonyl (C=O) groups excluding carboxylic acids is 1. The third kappa shape index (κ3) is 2.17. The maximum Gasteiger partial charge on any atom is 0.130 e. The van der Waals surface area contributed by atoms with Gasteiger partial charge in [0.1, 0.15) is 5.78 Å². The van der Waals surface area contributed by atoms with Gasteiger partial charge in [-0.05, 0) is 6.92 Å². The first-order chi connectivity index (χ1) is 4.79. The summed E-state index contributed by atoms with van der Waals surface area (Å²) in [5, 5.41) is 3.11. The first-order valence-electron chi connectivity index (χ1n) is 3.55. The first-order valence-corrected chi connectivity index (χ1v) is 3.55. The largest absolute Gasteiger partial charge is 0.372 e. The quantitative estimate of drug-likeness (QED) is 0.615. The van der Waals surface area contributed by atoms with Gasteiger partial charge in [0.25, 0.3) is 0 Å². The van der Waals surface area contributed by atoms with Gasteiger partial charge in [0, 0.05) is 19.4 Å². The van der Waals surface area contributed by atoms with Crippen molar-refractivity contribution in [2.45, 2.75) is 19.8 Å². The van der Waals surface area contributed by atoms with Crippen LogP contribution in [0.15, 0.2) is 4.99 Å². The lowest BCUT2D eigenvalue weighted by molar-refractivity contribution is -0.116. The molecule has 0 amide bonds. The van der Waals surface area contributed by atoms with Crippen molar-refractivity contribution >= 4 is 11.6 Å². The molecule has 0 saturated heterocycles. The van der Waals surface area contributed by atoms with E-state index >= 15 is 0 Å². The number of hydrogen-bond acceptors (Lipinski definition) is 3. The Morgan fingerprint density at radius 2 is 2.60 bits per heavy atom. The van der Waals surface area contributed by atoms with Crippen LogP contribution in [0.4, 0.5) is 0 Å². The standard InChI is InChI=1S/C7H12N2O/c1-6(10)2-3-7-8-4-5-9-7/h2-5H2,1H3,(H,8,9). The van der Waals surface area contributed by atoms with Gasteiger partial charge in [-0.15, -0.1) is 0 Å². The fourth-order valence-corrected chi connectivity index (χ4v) is 0.909. The summed E-state index contributed by atoms with van der Waals surface area (Å²) < 4.78 is 0. The molecular formula is C7H12N2O. The van der Waals surface area contributed by atoms with Crippen molar-refractivity contribution in [2.24, 2.45) is 4.99 Å². The molecule has 0 fully saturated rings. The van der Waals surface area contributed by atoms with Gasteiger partial charge in [0.2, 0.25) is 0 Å². The minimum absolute atomic E-state index is 0.233. The molecule has 56 valence electrons. The second-order valence-corrected chi connectivity index (χ2v) is 2.46. The van der Waals surface area contributed by atoms with Gasteiger partial charge in [-0.25, -0.2) is 0 Å². The third-order valence-corrected chi connectivity index (χ3v) is 1.46. The predicted octanol–water partition coefficient (Wildman–Crippen LogP) is 0.357. The molecule has 1 aliphatic heterocycles. The summed E-state index contributed by atoms with van der Waals surface area (Å²) >= 11 is 0. The average molecular weight is 140 g/mol. The van der Waals surface area contributed by atoms with E-state index < -0.39 is 0 Å². The number of aliphatic imine (C=N–C) groups is 1. The molecule has 0 aromatic rings. The van der Waals surface area contributed by atoms with E-state index in [0.29, 0.717) is 6.42 Å². The number of Topliss-reactive ketones (excluding diaryl/α,β-unsaturated/α-hetero) is 1. The molecule has 0 aromatic heterocycles. The summed E-state index contributed by atoms with van der Waals surface area (Å²) in [6.45, 7) is 3.41. The van der Waals surface area contributed by atoms with Crippen molar-refractivity contribution in [3.8, 4) is 0 Å². The highest BCUT2D eigenvalue weighted by Gasteiger charge is 2.04. The van der Waals surface area contributed by atoms with Gasteiger partial charge >= 0.3 is 0 Å². The fourth-order valence-electron chi connectivity index (χ4n) is 0.909.